The van der Waals surface area contributed by atoms with Gasteiger partial charge in [0.25, 0.3) is 0 Å². The number of benzene rings is 2. The lowest BCUT2D eigenvalue weighted by atomic mass is 10.0. The molecule has 0 aliphatic carbocycles. The highest BCUT2D eigenvalue weighted by Crippen LogP contribution is 2.26. The summed E-state index contributed by atoms with van der Waals surface area (Å²) in [6.07, 6.45) is 36.2. The smallest absolute Gasteiger partial charge is 0.222 e. The number of unbranched alkanes of at least 4 members (excludes halogenated alkanes) is 24. The van der Waals surface area contributed by atoms with Crippen LogP contribution in [0.25, 0.3) is 0 Å². The first kappa shape index (κ1) is 55.7. The number of carbonyl (C=O) groups is 2. The van der Waals surface area contributed by atoms with Gasteiger partial charge in [-0.15, -0.1) is 0 Å². The molecule has 8 heteroatoms. The van der Waals surface area contributed by atoms with E-state index in [1.54, 1.807) is 0 Å². The molecular weight excluding hydrogens is 812 g/mol. The monoisotopic (exact) mass is 908 g/mol. The SMILES string of the molecule is CCCCCCCCCCCCCCCC(=O)N1CC[N+](C)(Cc2ccc(Oc3ccc(C[N+]4(C)CCN(C(=O)CCCCCCCCCCCCCCC)CC4)cc3)cc2)CC1.[Cl-]. The summed E-state index contributed by atoms with van der Waals surface area (Å²) < 4.78 is 8.21. The molecule has 64 heavy (non-hydrogen) atoms. The number of carbonyl (C=O) groups excluding carboxylic acids is 2. The summed E-state index contributed by atoms with van der Waals surface area (Å²) in [5, 5.41) is 0. The van der Waals surface area contributed by atoms with Gasteiger partial charge in [0.15, 0.2) is 0 Å². The fraction of sp³-hybridized carbons (Fsp3) is 0.750. The van der Waals surface area contributed by atoms with Crippen LogP contribution in [0.5, 0.6) is 11.5 Å². The minimum Gasteiger partial charge on any atom is -1.00 e. The maximum Gasteiger partial charge on any atom is 0.222 e. The van der Waals surface area contributed by atoms with E-state index in [4.69, 9.17) is 4.74 Å². The molecule has 364 valence electrons. The Kier molecular flexibility index (Phi) is 28.7. The predicted octanol–water partition coefficient (Wildman–Crippen LogP) is 11.0. The van der Waals surface area contributed by atoms with Gasteiger partial charge >= 0.3 is 0 Å². The molecule has 2 aliphatic rings. The molecule has 0 unspecified atom stereocenters. The Bertz CT molecular complexity index is 1370. The van der Waals surface area contributed by atoms with Crippen molar-refractivity contribution >= 4 is 11.8 Å². The second-order valence-corrected chi connectivity index (χ2v) is 20.6. The molecule has 2 fully saturated rings. The lowest BCUT2D eigenvalue weighted by molar-refractivity contribution is -0.926. The Morgan fingerprint density at radius 2 is 0.672 bits per heavy atom. The van der Waals surface area contributed by atoms with Gasteiger partial charge < -0.3 is 35.9 Å². The number of quaternary nitrogens is 2. The fourth-order valence-electron chi connectivity index (χ4n) is 9.96. The number of ether oxygens (including phenoxy) is 1. The normalized spacial score (nSPS) is 15.8. The van der Waals surface area contributed by atoms with Gasteiger partial charge in [-0.1, -0.05) is 168 Å². The number of piperazine rings is 2. The molecule has 0 atom stereocenters. The van der Waals surface area contributed by atoms with Gasteiger partial charge in [-0.2, -0.15) is 0 Å². The van der Waals surface area contributed by atoms with Crippen molar-refractivity contribution in [3.05, 3.63) is 59.7 Å². The highest BCUT2D eigenvalue weighted by molar-refractivity contribution is 5.76. The van der Waals surface area contributed by atoms with Crippen LogP contribution in [0.3, 0.4) is 0 Å². The van der Waals surface area contributed by atoms with Crippen LogP contribution in [0, 0.1) is 0 Å². The zero-order chi connectivity index (χ0) is 44.9. The minimum atomic E-state index is 0. The summed E-state index contributed by atoms with van der Waals surface area (Å²) in [5.74, 6) is 2.43. The number of likely N-dealkylation sites (N-methyl/N-ethyl adjacent to an activating group) is 2. The third-order valence-electron chi connectivity index (χ3n) is 14.5. The number of rotatable bonds is 34. The van der Waals surface area contributed by atoms with Gasteiger partial charge in [0.2, 0.25) is 11.8 Å². The van der Waals surface area contributed by atoms with Gasteiger partial charge in [-0.25, -0.2) is 0 Å². The van der Waals surface area contributed by atoms with Crippen LogP contribution in [-0.4, -0.2) is 97.0 Å². The van der Waals surface area contributed by atoms with Crippen LogP contribution < -0.4 is 17.1 Å². The summed E-state index contributed by atoms with van der Waals surface area (Å²) in [6.45, 7) is 14.0. The Hall–Kier alpha value is -2.61. The van der Waals surface area contributed by atoms with Crippen LogP contribution in [0.15, 0.2) is 48.5 Å². The molecule has 0 saturated carbocycles. The third-order valence-corrected chi connectivity index (χ3v) is 14.5. The van der Waals surface area contributed by atoms with Crippen LogP contribution in [0.2, 0.25) is 0 Å². The first-order valence-electron chi connectivity index (χ1n) is 26.8. The Balaban J connectivity index is 0.0000109. The molecule has 0 bridgehead atoms. The number of amides is 2. The Labute approximate surface area is 400 Å². The fourth-order valence-corrected chi connectivity index (χ4v) is 9.96. The summed E-state index contributed by atoms with van der Waals surface area (Å²) in [4.78, 5) is 30.2. The standard InChI is InChI=1S/C56H96N4O3.ClH/c1-5-7-9-11-13-15-17-19-21-23-25-27-29-31-55(61)57-41-45-59(3,46-42-57)49-51-33-37-53(38-34-51)63-54-39-35-52(36-40-54)50-60(4)47-43-58(44-48-60)56(62)32-30-28-26-24-22-20-18-16-14-12-10-8-6-2;/h33-40H,5-32,41-50H2,1-4H3;1H/q+2;/p-1. The largest absolute Gasteiger partial charge is 1.00 e. The van der Waals surface area contributed by atoms with Crippen LogP contribution in [0.1, 0.15) is 205 Å². The molecule has 4 rings (SSSR count). The number of nitrogens with zero attached hydrogens (tertiary/aromatic N) is 4. The van der Waals surface area contributed by atoms with Crippen molar-refractivity contribution in [3.8, 4) is 11.5 Å². The zero-order valence-electron chi connectivity index (χ0n) is 41.9. The van der Waals surface area contributed by atoms with E-state index in [0.717, 1.165) is 98.8 Å². The van der Waals surface area contributed by atoms with E-state index in [9.17, 15) is 9.59 Å². The lowest BCUT2D eigenvalue weighted by Gasteiger charge is -2.42. The topological polar surface area (TPSA) is 49.9 Å². The number of hydrogen-bond acceptors (Lipinski definition) is 3. The van der Waals surface area contributed by atoms with E-state index in [-0.39, 0.29) is 12.4 Å². The van der Waals surface area contributed by atoms with Gasteiger partial charge in [-0.3, -0.25) is 9.59 Å². The maximum absolute atomic E-state index is 13.0. The summed E-state index contributed by atoms with van der Waals surface area (Å²) in [6, 6.07) is 17.2. The van der Waals surface area contributed by atoms with Crippen LogP contribution >= 0.6 is 0 Å². The minimum absolute atomic E-state index is 0. The predicted molar refractivity (Wildman–Crippen MR) is 266 cm³/mol. The molecule has 2 heterocycles. The molecule has 2 aromatic rings. The molecule has 0 aromatic heterocycles. The number of halogens is 1. The van der Waals surface area contributed by atoms with Gasteiger partial charge in [0, 0.05) is 24.0 Å². The molecule has 0 N–H and O–H groups in total. The molecule has 2 saturated heterocycles. The summed E-state index contributed by atoms with van der Waals surface area (Å²) >= 11 is 0. The summed E-state index contributed by atoms with van der Waals surface area (Å²) in [5.41, 5.74) is 2.62. The Morgan fingerprint density at radius 1 is 0.422 bits per heavy atom. The highest BCUT2D eigenvalue weighted by Gasteiger charge is 2.32. The van der Waals surface area contributed by atoms with Crippen molar-refractivity contribution in [1.29, 1.82) is 0 Å². The molecular formula is C56H96ClN4O3+. The van der Waals surface area contributed by atoms with Gasteiger partial charge in [0.05, 0.1) is 66.5 Å². The molecule has 7 nitrogen and oxygen atoms in total. The van der Waals surface area contributed by atoms with Gasteiger partial charge in [0.1, 0.15) is 24.6 Å². The van der Waals surface area contributed by atoms with Crippen molar-refractivity contribution < 1.29 is 35.7 Å². The molecule has 2 aliphatic heterocycles. The van der Waals surface area contributed by atoms with E-state index in [1.807, 2.05) is 0 Å². The quantitative estimate of drug-likeness (QED) is 0.0519. The van der Waals surface area contributed by atoms with Crippen LogP contribution in [-0.2, 0) is 22.7 Å². The van der Waals surface area contributed by atoms with E-state index in [0.29, 0.717) is 24.7 Å². The van der Waals surface area contributed by atoms with E-state index in [2.05, 4.69) is 86.3 Å². The van der Waals surface area contributed by atoms with E-state index in [1.165, 1.54) is 165 Å². The van der Waals surface area contributed by atoms with Gasteiger partial charge in [-0.05, 0) is 61.4 Å². The molecule has 2 aromatic carbocycles. The Morgan fingerprint density at radius 3 is 0.938 bits per heavy atom. The lowest BCUT2D eigenvalue weighted by Crippen LogP contribution is -3.00. The molecule has 0 spiro atoms. The van der Waals surface area contributed by atoms with Crippen LogP contribution in [0.4, 0.5) is 0 Å². The van der Waals surface area contributed by atoms with Crippen molar-refractivity contribution in [1.82, 2.24) is 9.80 Å². The van der Waals surface area contributed by atoms with E-state index < -0.39 is 0 Å². The molecule has 2 amide bonds. The first-order valence-corrected chi connectivity index (χ1v) is 26.8. The third kappa shape index (κ3) is 23.2. The van der Waals surface area contributed by atoms with E-state index >= 15 is 0 Å². The first-order chi connectivity index (χ1) is 30.7. The average Bonchev–Trinajstić information content (AvgIpc) is 3.28. The van der Waals surface area contributed by atoms with Crippen molar-refractivity contribution in [2.45, 2.75) is 207 Å². The van der Waals surface area contributed by atoms with Crippen molar-refractivity contribution in [2.75, 3.05) is 66.5 Å². The number of hydrogen-bond donors (Lipinski definition) is 0. The highest BCUT2D eigenvalue weighted by atomic mass is 35.5. The zero-order valence-corrected chi connectivity index (χ0v) is 42.6. The maximum atomic E-state index is 13.0. The van der Waals surface area contributed by atoms with Crippen molar-refractivity contribution in [2.24, 2.45) is 0 Å². The molecule has 0 radical (unpaired) electrons. The average molecular weight is 909 g/mol. The van der Waals surface area contributed by atoms with Crippen molar-refractivity contribution in [3.63, 3.8) is 0 Å². The second-order valence-electron chi connectivity index (χ2n) is 20.6. The second kappa shape index (κ2) is 33.0. The summed E-state index contributed by atoms with van der Waals surface area (Å²) in [7, 11) is 4.67.